The Morgan fingerprint density at radius 3 is 2.66 bits per heavy atom. The van der Waals surface area contributed by atoms with Crippen LogP contribution in [0.4, 0.5) is 0 Å². The first-order chi connectivity index (χ1) is 15.7. The van der Waals surface area contributed by atoms with Gasteiger partial charge in [0.05, 0.1) is 18.8 Å². The van der Waals surface area contributed by atoms with Crippen LogP contribution in [-0.2, 0) is 11.3 Å². The Morgan fingerprint density at radius 2 is 1.88 bits per heavy atom. The maximum absolute atomic E-state index is 13.4. The molecular formula is C26H28ClN3O2. The van der Waals surface area contributed by atoms with Gasteiger partial charge in [0.25, 0.3) is 0 Å². The number of nitrogens with one attached hydrogen (secondary N) is 1. The number of hydrogen-bond acceptors (Lipinski definition) is 4. The van der Waals surface area contributed by atoms with Crippen molar-refractivity contribution in [2.75, 3.05) is 26.2 Å². The largest absolute Gasteiger partial charge is 0.492 e. The number of nitrogens with zero attached hydrogens (tertiary/aromatic N) is 2. The number of carbonyl (C=O) groups excluding carboxylic acids is 1. The highest BCUT2D eigenvalue weighted by molar-refractivity contribution is 6.30. The monoisotopic (exact) mass is 449 g/mol. The quantitative estimate of drug-likeness (QED) is 0.536. The number of benzene rings is 2. The van der Waals surface area contributed by atoms with E-state index in [0.29, 0.717) is 24.7 Å². The van der Waals surface area contributed by atoms with Crippen LogP contribution >= 0.6 is 11.6 Å². The molecule has 0 spiro atoms. The Balaban J connectivity index is 1.54. The Kier molecular flexibility index (Phi) is 7.75. The molecule has 2 aromatic carbocycles. The molecule has 3 aromatic rings. The van der Waals surface area contributed by atoms with Crippen LogP contribution in [0.25, 0.3) is 11.1 Å². The molecule has 1 aliphatic rings. The molecule has 0 aliphatic carbocycles. The number of hydrogen-bond donors (Lipinski definition) is 1. The summed E-state index contributed by atoms with van der Waals surface area (Å²) in [5, 5.41) is 4.02. The zero-order valence-corrected chi connectivity index (χ0v) is 18.8. The van der Waals surface area contributed by atoms with Gasteiger partial charge in [-0.05, 0) is 61.8 Å². The van der Waals surface area contributed by atoms with Crippen LogP contribution in [0, 0.1) is 5.92 Å². The lowest BCUT2D eigenvalue weighted by Crippen LogP contribution is -2.42. The summed E-state index contributed by atoms with van der Waals surface area (Å²) in [6.07, 6.45) is 3.49. The molecule has 1 aliphatic heterocycles. The predicted octanol–water partition coefficient (Wildman–Crippen LogP) is 4.81. The lowest BCUT2D eigenvalue weighted by atomic mass is 9.96. The second-order valence-electron chi connectivity index (χ2n) is 7.95. The van der Waals surface area contributed by atoms with E-state index in [9.17, 15) is 4.79 Å². The van der Waals surface area contributed by atoms with E-state index in [-0.39, 0.29) is 11.8 Å². The highest BCUT2D eigenvalue weighted by Crippen LogP contribution is 2.26. The molecule has 1 amide bonds. The van der Waals surface area contributed by atoms with Gasteiger partial charge >= 0.3 is 0 Å². The number of carbonyl (C=O) groups is 1. The van der Waals surface area contributed by atoms with Gasteiger partial charge in [0.2, 0.25) is 5.91 Å². The molecule has 0 bridgehead atoms. The molecule has 5 nitrogen and oxygen atoms in total. The summed E-state index contributed by atoms with van der Waals surface area (Å²) in [6, 6.07) is 21.4. The van der Waals surface area contributed by atoms with E-state index in [1.165, 1.54) is 0 Å². The number of aromatic nitrogens is 1. The molecule has 1 saturated heterocycles. The SMILES string of the molecule is O=C(C1CCNCC1)N(CCOc1ccccc1)Cc1ncccc1-c1cccc(Cl)c1. The molecule has 1 N–H and O–H groups in total. The van der Waals surface area contributed by atoms with Crippen molar-refractivity contribution in [1.29, 1.82) is 0 Å². The molecule has 2 heterocycles. The van der Waals surface area contributed by atoms with Gasteiger partial charge in [-0.3, -0.25) is 9.78 Å². The summed E-state index contributed by atoms with van der Waals surface area (Å²) in [5.41, 5.74) is 2.84. The van der Waals surface area contributed by atoms with Gasteiger partial charge in [-0.15, -0.1) is 0 Å². The summed E-state index contributed by atoms with van der Waals surface area (Å²) in [5.74, 6) is 1.01. The fourth-order valence-electron chi connectivity index (χ4n) is 4.05. The molecule has 32 heavy (non-hydrogen) atoms. The topological polar surface area (TPSA) is 54.5 Å². The van der Waals surface area contributed by atoms with E-state index in [0.717, 1.165) is 48.5 Å². The molecule has 1 fully saturated rings. The Bertz CT molecular complexity index is 1020. The van der Waals surface area contributed by atoms with Gasteiger partial charge in [0, 0.05) is 22.7 Å². The van der Waals surface area contributed by atoms with Gasteiger partial charge < -0.3 is 15.0 Å². The average molecular weight is 450 g/mol. The number of piperidine rings is 1. The fourth-order valence-corrected chi connectivity index (χ4v) is 4.24. The normalized spacial score (nSPS) is 14.2. The third kappa shape index (κ3) is 5.87. The third-order valence-electron chi connectivity index (χ3n) is 5.74. The number of pyridine rings is 1. The fraction of sp³-hybridized carbons (Fsp3) is 0.308. The minimum absolute atomic E-state index is 0.0336. The number of ether oxygens (including phenoxy) is 1. The van der Waals surface area contributed by atoms with Gasteiger partial charge in [0.15, 0.2) is 0 Å². The summed E-state index contributed by atoms with van der Waals surface area (Å²) in [4.78, 5) is 20.0. The second-order valence-corrected chi connectivity index (χ2v) is 8.39. The molecule has 166 valence electrons. The number of amides is 1. The highest BCUT2D eigenvalue weighted by atomic mass is 35.5. The zero-order valence-electron chi connectivity index (χ0n) is 18.0. The van der Waals surface area contributed by atoms with Gasteiger partial charge in [0.1, 0.15) is 12.4 Å². The minimum atomic E-state index is 0.0336. The van der Waals surface area contributed by atoms with Crippen LogP contribution in [-0.4, -0.2) is 42.0 Å². The smallest absolute Gasteiger partial charge is 0.226 e. The van der Waals surface area contributed by atoms with Crippen LogP contribution in [0.3, 0.4) is 0 Å². The molecule has 1 aromatic heterocycles. The van der Waals surface area contributed by atoms with Crippen molar-refractivity contribution < 1.29 is 9.53 Å². The van der Waals surface area contributed by atoms with Crippen LogP contribution in [0.1, 0.15) is 18.5 Å². The van der Waals surface area contributed by atoms with Gasteiger partial charge in [-0.2, -0.15) is 0 Å². The molecular weight excluding hydrogens is 422 g/mol. The lowest BCUT2D eigenvalue weighted by Gasteiger charge is -2.30. The standard InChI is InChI=1S/C26H28ClN3O2/c27-22-7-4-6-21(18-22)24-10-5-13-29-25(24)19-30(26(31)20-11-14-28-15-12-20)16-17-32-23-8-2-1-3-9-23/h1-10,13,18,20,28H,11-12,14-17,19H2. The first-order valence-electron chi connectivity index (χ1n) is 11.1. The second kappa shape index (κ2) is 11.1. The van der Waals surface area contributed by atoms with Crippen LogP contribution in [0.15, 0.2) is 72.9 Å². The predicted molar refractivity (Wildman–Crippen MR) is 128 cm³/mol. The third-order valence-corrected chi connectivity index (χ3v) is 5.97. The average Bonchev–Trinajstić information content (AvgIpc) is 2.84. The van der Waals surface area contributed by atoms with Crippen molar-refractivity contribution in [1.82, 2.24) is 15.2 Å². The number of para-hydroxylation sites is 1. The number of rotatable bonds is 8. The molecule has 0 atom stereocenters. The minimum Gasteiger partial charge on any atom is -0.492 e. The van der Waals surface area contributed by atoms with Crippen molar-refractivity contribution in [3.8, 4) is 16.9 Å². The van der Waals surface area contributed by atoms with Crippen molar-refractivity contribution in [2.24, 2.45) is 5.92 Å². The van der Waals surface area contributed by atoms with E-state index in [4.69, 9.17) is 16.3 Å². The van der Waals surface area contributed by atoms with Gasteiger partial charge in [-0.25, -0.2) is 0 Å². The van der Waals surface area contributed by atoms with Gasteiger partial charge in [-0.1, -0.05) is 48.0 Å². The van der Waals surface area contributed by atoms with Crippen LogP contribution in [0.5, 0.6) is 5.75 Å². The van der Waals surface area contributed by atoms with Crippen molar-refractivity contribution >= 4 is 17.5 Å². The maximum Gasteiger partial charge on any atom is 0.226 e. The van der Waals surface area contributed by atoms with E-state index in [1.807, 2.05) is 71.6 Å². The van der Waals surface area contributed by atoms with E-state index < -0.39 is 0 Å². The van der Waals surface area contributed by atoms with E-state index >= 15 is 0 Å². The molecule has 6 heteroatoms. The van der Waals surface area contributed by atoms with Crippen LogP contribution in [0.2, 0.25) is 5.02 Å². The first kappa shape index (κ1) is 22.3. The summed E-state index contributed by atoms with van der Waals surface area (Å²) >= 11 is 6.22. The Hall–Kier alpha value is -2.89. The summed E-state index contributed by atoms with van der Waals surface area (Å²) < 4.78 is 5.90. The molecule has 0 saturated carbocycles. The lowest BCUT2D eigenvalue weighted by molar-refractivity contribution is -0.137. The summed E-state index contributed by atoms with van der Waals surface area (Å²) in [6.45, 7) is 3.12. The zero-order chi connectivity index (χ0) is 22.2. The Morgan fingerprint density at radius 1 is 1.06 bits per heavy atom. The molecule has 0 radical (unpaired) electrons. The maximum atomic E-state index is 13.4. The first-order valence-corrected chi connectivity index (χ1v) is 11.5. The molecule has 0 unspecified atom stereocenters. The van der Waals surface area contributed by atoms with Crippen molar-refractivity contribution in [3.05, 3.63) is 83.6 Å². The molecule has 4 rings (SSSR count). The van der Waals surface area contributed by atoms with Crippen molar-refractivity contribution in [2.45, 2.75) is 19.4 Å². The highest BCUT2D eigenvalue weighted by Gasteiger charge is 2.27. The van der Waals surface area contributed by atoms with E-state index in [1.54, 1.807) is 6.20 Å². The summed E-state index contributed by atoms with van der Waals surface area (Å²) in [7, 11) is 0. The van der Waals surface area contributed by atoms with Crippen molar-refractivity contribution in [3.63, 3.8) is 0 Å². The van der Waals surface area contributed by atoms with Crippen LogP contribution < -0.4 is 10.1 Å². The van der Waals surface area contributed by atoms with E-state index in [2.05, 4.69) is 10.3 Å². The Labute approximate surface area is 194 Å². The number of halogens is 1.